The molecule has 0 atom stereocenters. The Balaban J connectivity index is 3.25. The normalized spacial score (nSPS) is 11.8. The number of hydrogen-bond donors (Lipinski definition) is 1. The Labute approximate surface area is 124 Å². The highest BCUT2D eigenvalue weighted by Crippen LogP contribution is 2.25. The molecule has 0 aliphatic heterocycles. The zero-order valence-corrected chi connectivity index (χ0v) is 13.1. The third kappa shape index (κ3) is 3.79. The minimum absolute atomic E-state index is 0.0590. The molecule has 0 fully saturated rings. The van der Waals surface area contributed by atoms with E-state index in [1.807, 2.05) is 6.92 Å². The molecule has 4 nitrogen and oxygen atoms in total. The quantitative estimate of drug-likeness (QED) is 0.785. The predicted octanol–water partition coefficient (Wildman–Crippen LogP) is 2.40. The van der Waals surface area contributed by atoms with Crippen LogP contribution in [-0.2, 0) is 16.6 Å². The van der Waals surface area contributed by atoms with Gasteiger partial charge in [0.15, 0.2) is 0 Å². The molecule has 112 valence electrons. The largest absolute Gasteiger partial charge is 0.313 e. The summed E-state index contributed by atoms with van der Waals surface area (Å²) in [5, 5.41) is 2.93. The van der Waals surface area contributed by atoms with Gasteiger partial charge in [-0.3, -0.25) is 0 Å². The van der Waals surface area contributed by atoms with Crippen molar-refractivity contribution in [1.82, 2.24) is 9.62 Å². The Morgan fingerprint density at radius 1 is 1.50 bits per heavy atom. The monoisotopic (exact) mass is 320 g/mol. The van der Waals surface area contributed by atoms with Crippen LogP contribution in [0.1, 0.15) is 12.5 Å². The van der Waals surface area contributed by atoms with Crippen LogP contribution in [0.3, 0.4) is 0 Å². The van der Waals surface area contributed by atoms with Crippen LogP contribution >= 0.6 is 11.6 Å². The number of nitrogens with one attached hydrogen (secondary N) is 1. The molecule has 0 amide bonds. The van der Waals surface area contributed by atoms with Crippen molar-refractivity contribution in [2.75, 3.05) is 20.1 Å². The van der Waals surface area contributed by atoms with Gasteiger partial charge < -0.3 is 5.32 Å². The summed E-state index contributed by atoms with van der Waals surface area (Å²) >= 11 is 5.85. The van der Waals surface area contributed by atoms with Crippen molar-refractivity contribution in [1.29, 1.82) is 0 Å². The van der Waals surface area contributed by atoms with Crippen LogP contribution in [0.15, 0.2) is 29.7 Å². The molecule has 0 unspecified atom stereocenters. The number of hydrogen-bond acceptors (Lipinski definition) is 3. The van der Waals surface area contributed by atoms with E-state index in [0.717, 1.165) is 10.4 Å². The maximum absolute atomic E-state index is 13.8. The maximum atomic E-state index is 13.8. The Morgan fingerprint density at radius 2 is 2.15 bits per heavy atom. The summed E-state index contributed by atoms with van der Waals surface area (Å²) in [6, 6.07) is 2.33. The van der Waals surface area contributed by atoms with E-state index in [9.17, 15) is 12.8 Å². The van der Waals surface area contributed by atoms with Crippen molar-refractivity contribution >= 4 is 21.6 Å². The maximum Gasteiger partial charge on any atom is 0.243 e. The van der Waals surface area contributed by atoms with Gasteiger partial charge in [0, 0.05) is 20.1 Å². The molecule has 0 aliphatic carbocycles. The second-order valence-corrected chi connectivity index (χ2v) is 6.66. The minimum atomic E-state index is -3.75. The molecule has 1 aromatic carbocycles. The van der Waals surface area contributed by atoms with Crippen molar-refractivity contribution in [2.45, 2.75) is 18.4 Å². The molecule has 0 saturated heterocycles. The van der Waals surface area contributed by atoms with E-state index in [1.165, 1.54) is 19.2 Å². The van der Waals surface area contributed by atoms with Crippen LogP contribution in [-0.4, -0.2) is 32.9 Å². The molecule has 0 aliphatic rings. The summed E-state index contributed by atoms with van der Waals surface area (Å²) < 4.78 is 39.4. The van der Waals surface area contributed by atoms with Crippen molar-refractivity contribution in [3.05, 3.63) is 41.2 Å². The lowest BCUT2D eigenvalue weighted by atomic mass is 10.2. The first-order valence-corrected chi connectivity index (χ1v) is 7.92. The summed E-state index contributed by atoms with van der Waals surface area (Å²) in [5.74, 6) is -0.743. The Hall–Kier alpha value is -0.950. The van der Waals surface area contributed by atoms with Gasteiger partial charge in [-0.15, -0.1) is 6.58 Å². The van der Waals surface area contributed by atoms with Gasteiger partial charge in [0.05, 0.1) is 9.92 Å². The van der Waals surface area contributed by atoms with Gasteiger partial charge in [0.2, 0.25) is 10.0 Å². The fourth-order valence-electron chi connectivity index (χ4n) is 1.62. The zero-order valence-electron chi connectivity index (χ0n) is 11.5. The van der Waals surface area contributed by atoms with Gasteiger partial charge in [-0.05, 0) is 24.2 Å². The molecule has 1 rings (SSSR count). The minimum Gasteiger partial charge on any atom is -0.313 e. The summed E-state index contributed by atoms with van der Waals surface area (Å²) in [6.07, 6.45) is 1.46. The number of rotatable bonds is 7. The van der Waals surface area contributed by atoms with Crippen LogP contribution in [0.2, 0.25) is 5.02 Å². The van der Waals surface area contributed by atoms with Crippen LogP contribution < -0.4 is 5.32 Å². The number of halogens is 2. The zero-order chi connectivity index (χ0) is 15.3. The first-order valence-electron chi connectivity index (χ1n) is 6.10. The van der Waals surface area contributed by atoms with Crippen LogP contribution in [0.25, 0.3) is 0 Å². The molecule has 7 heteroatoms. The lowest BCUT2D eigenvalue weighted by molar-refractivity contribution is 0.498. The first-order chi connectivity index (χ1) is 9.34. The van der Waals surface area contributed by atoms with Gasteiger partial charge in [0.25, 0.3) is 0 Å². The number of likely N-dealkylation sites (N-methyl/N-ethyl adjacent to an activating group) is 1. The fourth-order valence-corrected chi connectivity index (χ4v) is 3.00. The first kappa shape index (κ1) is 17.1. The highest BCUT2D eigenvalue weighted by molar-refractivity contribution is 7.89. The fraction of sp³-hybridized carbons (Fsp3) is 0.385. The Kier molecular flexibility index (Phi) is 6.13. The molecule has 1 aromatic rings. The Morgan fingerprint density at radius 3 is 2.70 bits per heavy atom. The molecular weight excluding hydrogens is 303 g/mol. The third-order valence-corrected chi connectivity index (χ3v) is 4.96. The lowest BCUT2D eigenvalue weighted by Crippen LogP contribution is -2.27. The Bertz CT molecular complexity index is 590. The average Bonchev–Trinajstić information content (AvgIpc) is 2.40. The molecule has 0 aromatic heterocycles. The van der Waals surface area contributed by atoms with E-state index in [4.69, 9.17) is 11.6 Å². The van der Waals surface area contributed by atoms with Crippen LogP contribution in [0.4, 0.5) is 4.39 Å². The molecule has 0 radical (unpaired) electrons. The topological polar surface area (TPSA) is 49.4 Å². The summed E-state index contributed by atoms with van der Waals surface area (Å²) in [4.78, 5) is -0.114. The highest BCUT2D eigenvalue weighted by atomic mass is 35.5. The van der Waals surface area contributed by atoms with Crippen LogP contribution in [0.5, 0.6) is 0 Å². The average molecular weight is 321 g/mol. The molecule has 0 saturated carbocycles. The van der Waals surface area contributed by atoms with E-state index in [-0.39, 0.29) is 16.5 Å². The molecule has 0 spiro atoms. The molecule has 0 heterocycles. The molecule has 20 heavy (non-hydrogen) atoms. The number of benzene rings is 1. The third-order valence-electron chi connectivity index (χ3n) is 2.74. The van der Waals surface area contributed by atoms with Gasteiger partial charge >= 0.3 is 0 Å². The van der Waals surface area contributed by atoms with E-state index in [2.05, 4.69) is 11.9 Å². The van der Waals surface area contributed by atoms with Crippen molar-refractivity contribution in [3.8, 4) is 0 Å². The molecule has 1 N–H and O–H groups in total. The number of nitrogens with zero attached hydrogens (tertiary/aromatic N) is 1. The van der Waals surface area contributed by atoms with Crippen molar-refractivity contribution < 1.29 is 12.8 Å². The van der Waals surface area contributed by atoms with E-state index < -0.39 is 15.8 Å². The van der Waals surface area contributed by atoms with Crippen LogP contribution in [0, 0.1) is 5.82 Å². The summed E-state index contributed by atoms with van der Waals surface area (Å²) in [6.45, 7) is 6.50. The standard InChI is InChI=1S/C13H18ClFN2O2S/c1-4-6-17(3)20(18,19)11-7-10(9-16-5-2)13(14)12(15)8-11/h4,7-8,16H,1,5-6,9H2,2-3H3. The second-order valence-electron chi connectivity index (χ2n) is 4.23. The van der Waals surface area contributed by atoms with Gasteiger partial charge in [0.1, 0.15) is 5.82 Å². The van der Waals surface area contributed by atoms with Crippen molar-refractivity contribution in [2.24, 2.45) is 0 Å². The van der Waals surface area contributed by atoms with Crippen molar-refractivity contribution in [3.63, 3.8) is 0 Å². The summed E-state index contributed by atoms with van der Waals surface area (Å²) in [5.41, 5.74) is 0.416. The van der Waals surface area contributed by atoms with Gasteiger partial charge in [-0.1, -0.05) is 24.6 Å². The SMILES string of the molecule is C=CCN(C)S(=O)(=O)c1cc(F)c(Cl)c(CNCC)c1. The lowest BCUT2D eigenvalue weighted by Gasteiger charge is -2.16. The molecular formula is C13H18ClFN2O2S. The highest BCUT2D eigenvalue weighted by Gasteiger charge is 2.22. The summed E-state index contributed by atoms with van der Waals surface area (Å²) in [7, 11) is -2.34. The van der Waals surface area contributed by atoms with Gasteiger partial charge in [-0.25, -0.2) is 12.8 Å². The predicted molar refractivity (Wildman–Crippen MR) is 78.8 cm³/mol. The van der Waals surface area contributed by atoms with E-state index in [0.29, 0.717) is 18.7 Å². The van der Waals surface area contributed by atoms with E-state index in [1.54, 1.807) is 0 Å². The molecule has 0 bridgehead atoms. The smallest absolute Gasteiger partial charge is 0.243 e. The van der Waals surface area contributed by atoms with Gasteiger partial charge in [-0.2, -0.15) is 4.31 Å². The second kappa shape index (κ2) is 7.17. The van der Waals surface area contributed by atoms with E-state index >= 15 is 0 Å². The number of sulfonamides is 1.